The molecule has 0 aromatic carbocycles. The average Bonchev–Trinajstić information content (AvgIpc) is 2.84. The summed E-state index contributed by atoms with van der Waals surface area (Å²) in [7, 11) is 0. The Kier molecular flexibility index (Phi) is 5.65. The molecular weight excluding hydrogens is 240 g/mol. The smallest absolute Gasteiger partial charge is 0.328 e. The number of carbonyl (C=O) groups is 2. The van der Waals surface area contributed by atoms with Gasteiger partial charge in [0.2, 0.25) is 0 Å². The molecule has 1 aromatic heterocycles. The number of aliphatic hydroxyl groups is 1. The number of aliphatic hydroxyl groups excluding tert-OH is 1. The molecule has 0 aliphatic rings. The van der Waals surface area contributed by atoms with Gasteiger partial charge >= 0.3 is 12.0 Å². The predicted octanol–water partition coefficient (Wildman–Crippen LogP) is -0.982. The van der Waals surface area contributed by atoms with E-state index >= 15 is 0 Å². The highest BCUT2D eigenvalue weighted by Crippen LogP contribution is 1.89. The maximum absolute atomic E-state index is 11.3. The summed E-state index contributed by atoms with van der Waals surface area (Å²) in [6, 6.07) is -1.89. The summed E-state index contributed by atoms with van der Waals surface area (Å²) in [4.78, 5) is 25.7. The van der Waals surface area contributed by atoms with Crippen LogP contribution in [-0.2, 0) is 11.3 Å². The monoisotopic (exact) mass is 256 g/mol. The third-order valence-electron chi connectivity index (χ3n) is 2.22. The Morgan fingerprint density at radius 3 is 2.78 bits per heavy atom. The van der Waals surface area contributed by atoms with Gasteiger partial charge in [0.05, 0.1) is 12.9 Å². The summed E-state index contributed by atoms with van der Waals surface area (Å²) in [6.45, 7) is 0.474. The third-order valence-corrected chi connectivity index (χ3v) is 2.22. The highest BCUT2D eigenvalue weighted by atomic mass is 16.4. The molecule has 8 heteroatoms. The molecule has 1 atom stereocenters. The quantitative estimate of drug-likeness (QED) is 0.468. The van der Waals surface area contributed by atoms with Crippen LogP contribution in [0.1, 0.15) is 6.42 Å². The zero-order valence-electron chi connectivity index (χ0n) is 9.74. The normalized spacial score (nSPS) is 11.8. The lowest BCUT2D eigenvalue weighted by Crippen LogP contribution is -2.48. The van der Waals surface area contributed by atoms with Gasteiger partial charge < -0.3 is 25.4 Å². The maximum Gasteiger partial charge on any atom is 0.328 e. The number of aryl methyl sites for hydroxylation is 1. The van der Waals surface area contributed by atoms with Crippen molar-refractivity contribution in [3.05, 3.63) is 18.7 Å². The first kappa shape index (κ1) is 14.0. The standard InChI is InChI=1S/C10H16N4O4/c15-6-8(9(16)17)13-10(18)12-2-1-4-14-5-3-11-7-14/h3,5,7-8,15H,1-2,4,6H2,(H,16,17)(H2,12,13,18)/t8-/m0/s1. The van der Waals surface area contributed by atoms with Crippen LogP contribution >= 0.6 is 0 Å². The summed E-state index contributed by atoms with van der Waals surface area (Å²) in [5.41, 5.74) is 0. The van der Waals surface area contributed by atoms with Crippen molar-refractivity contribution in [2.24, 2.45) is 0 Å². The summed E-state index contributed by atoms with van der Waals surface area (Å²) in [5.74, 6) is -1.27. The number of aromatic nitrogens is 2. The molecule has 18 heavy (non-hydrogen) atoms. The second kappa shape index (κ2) is 7.28. The van der Waals surface area contributed by atoms with Crippen LogP contribution in [-0.4, -0.2) is 51.0 Å². The number of carboxylic acid groups (broad SMARTS) is 1. The van der Waals surface area contributed by atoms with E-state index in [0.29, 0.717) is 19.5 Å². The number of hydrogen-bond acceptors (Lipinski definition) is 4. The molecule has 0 fully saturated rings. The van der Waals surface area contributed by atoms with Gasteiger partial charge in [-0.3, -0.25) is 0 Å². The van der Waals surface area contributed by atoms with Crippen LogP contribution in [0.15, 0.2) is 18.7 Å². The Morgan fingerprint density at radius 2 is 2.22 bits per heavy atom. The highest BCUT2D eigenvalue weighted by molar-refractivity contribution is 5.82. The Balaban J connectivity index is 2.15. The molecule has 4 N–H and O–H groups in total. The van der Waals surface area contributed by atoms with Crippen LogP contribution < -0.4 is 10.6 Å². The molecule has 8 nitrogen and oxygen atoms in total. The molecule has 1 rings (SSSR count). The minimum absolute atomic E-state index is 0.405. The minimum atomic E-state index is -1.28. The van der Waals surface area contributed by atoms with Crippen molar-refractivity contribution in [1.82, 2.24) is 20.2 Å². The zero-order valence-corrected chi connectivity index (χ0v) is 9.74. The molecule has 0 aliphatic carbocycles. The van der Waals surface area contributed by atoms with E-state index in [1.165, 1.54) is 0 Å². The van der Waals surface area contributed by atoms with Crippen molar-refractivity contribution in [3.8, 4) is 0 Å². The highest BCUT2D eigenvalue weighted by Gasteiger charge is 2.17. The summed E-state index contributed by atoms with van der Waals surface area (Å²) in [5, 5.41) is 22.0. The van der Waals surface area contributed by atoms with Crippen LogP contribution in [0.25, 0.3) is 0 Å². The number of urea groups is 1. The number of nitrogens with zero attached hydrogens (tertiary/aromatic N) is 2. The van der Waals surface area contributed by atoms with Gasteiger partial charge in [0.1, 0.15) is 0 Å². The first-order valence-corrected chi connectivity index (χ1v) is 5.47. The number of amides is 2. The van der Waals surface area contributed by atoms with E-state index in [0.717, 1.165) is 0 Å². The number of carbonyl (C=O) groups excluding carboxylic acids is 1. The van der Waals surface area contributed by atoms with Crippen LogP contribution in [0.4, 0.5) is 4.79 Å². The van der Waals surface area contributed by atoms with E-state index in [2.05, 4.69) is 15.6 Å². The lowest BCUT2D eigenvalue weighted by molar-refractivity contribution is -0.140. The van der Waals surface area contributed by atoms with Crippen LogP contribution in [0.5, 0.6) is 0 Å². The number of aliphatic carboxylic acids is 1. The van der Waals surface area contributed by atoms with Gasteiger partial charge in [0.15, 0.2) is 6.04 Å². The van der Waals surface area contributed by atoms with E-state index in [4.69, 9.17) is 10.2 Å². The van der Waals surface area contributed by atoms with Gasteiger partial charge in [-0.05, 0) is 6.42 Å². The van der Waals surface area contributed by atoms with Crippen molar-refractivity contribution in [2.45, 2.75) is 19.0 Å². The zero-order chi connectivity index (χ0) is 13.4. The van der Waals surface area contributed by atoms with Crippen LogP contribution in [0.2, 0.25) is 0 Å². The van der Waals surface area contributed by atoms with E-state index < -0.39 is 24.6 Å². The van der Waals surface area contributed by atoms with Gasteiger partial charge in [0, 0.05) is 25.5 Å². The van der Waals surface area contributed by atoms with E-state index in [-0.39, 0.29) is 0 Å². The third kappa shape index (κ3) is 4.83. The molecule has 1 heterocycles. The van der Waals surface area contributed by atoms with Gasteiger partial charge in [-0.1, -0.05) is 0 Å². The molecule has 2 amide bonds. The average molecular weight is 256 g/mol. The number of hydrogen-bond donors (Lipinski definition) is 4. The lowest BCUT2D eigenvalue weighted by atomic mass is 10.3. The van der Waals surface area contributed by atoms with Crippen molar-refractivity contribution >= 4 is 12.0 Å². The van der Waals surface area contributed by atoms with Crippen LogP contribution in [0.3, 0.4) is 0 Å². The topological polar surface area (TPSA) is 116 Å². The van der Waals surface area contributed by atoms with E-state index in [1.54, 1.807) is 12.5 Å². The van der Waals surface area contributed by atoms with E-state index in [9.17, 15) is 9.59 Å². The minimum Gasteiger partial charge on any atom is -0.480 e. The fourth-order valence-corrected chi connectivity index (χ4v) is 1.28. The molecule has 0 spiro atoms. The van der Waals surface area contributed by atoms with Gasteiger partial charge in [-0.25, -0.2) is 14.6 Å². The van der Waals surface area contributed by atoms with Gasteiger partial charge in [0.25, 0.3) is 0 Å². The first-order valence-electron chi connectivity index (χ1n) is 5.47. The number of rotatable bonds is 7. The molecule has 0 aliphatic heterocycles. The van der Waals surface area contributed by atoms with Gasteiger partial charge in [-0.2, -0.15) is 0 Å². The molecule has 1 aromatic rings. The summed E-state index contributed by atoms with van der Waals surface area (Å²) >= 11 is 0. The largest absolute Gasteiger partial charge is 0.480 e. The number of nitrogens with one attached hydrogen (secondary N) is 2. The Labute approximate surface area is 104 Å². The lowest BCUT2D eigenvalue weighted by Gasteiger charge is -2.12. The maximum atomic E-state index is 11.3. The predicted molar refractivity (Wildman–Crippen MR) is 61.9 cm³/mol. The van der Waals surface area contributed by atoms with Crippen molar-refractivity contribution in [2.75, 3.05) is 13.2 Å². The second-order valence-corrected chi connectivity index (χ2v) is 3.63. The number of imidazole rings is 1. The van der Waals surface area contributed by atoms with E-state index in [1.807, 2.05) is 10.8 Å². The molecule has 0 bridgehead atoms. The number of carboxylic acids is 1. The Bertz CT molecular complexity index is 379. The second-order valence-electron chi connectivity index (χ2n) is 3.63. The molecule has 100 valence electrons. The molecule has 0 saturated carbocycles. The SMILES string of the molecule is O=C(NCCCn1ccnc1)N[C@@H](CO)C(=O)O. The van der Waals surface area contributed by atoms with Crippen molar-refractivity contribution in [3.63, 3.8) is 0 Å². The van der Waals surface area contributed by atoms with Crippen molar-refractivity contribution < 1.29 is 19.8 Å². The molecule has 0 saturated heterocycles. The van der Waals surface area contributed by atoms with Crippen molar-refractivity contribution in [1.29, 1.82) is 0 Å². The Morgan fingerprint density at radius 1 is 1.44 bits per heavy atom. The van der Waals surface area contributed by atoms with Gasteiger partial charge in [-0.15, -0.1) is 0 Å². The molecule has 0 unspecified atom stereocenters. The molecular formula is C10H16N4O4. The summed E-state index contributed by atoms with van der Waals surface area (Å²) < 4.78 is 1.87. The summed E-state index contributed by atoms with van der Waals surface area (Å²) in [6.07, 6.45) is 5.85. The van der Waals surface area contributed by atoms with Crippen LogP contribution in [0, 0.1) is 0 Å². The first-order chi connectivity index (χ1) is 8.63. The fourth-order valence-electron chi connectivity index (χ4n) is 1.28. The fraction of sp³-hybridized carbons (Fsp3) is 0.500. The Hall–Kier alpha value is -2.09. The molecule has 0 radical (unpaired) electrons.